The fraction of sp³-hybridized carbons (Fsp3) is 0.188. The highest BCUT2D eigenvalue weighted by Gasteiger charge is 2.12. The van der Waals surface area contributed by atoms with E-state index in [1.165, 1.54) is 6.07 Å². The first-order valence-electron chi connectivity index (χ1n) is 6.30. The fourth-order valence-electron chi connectivity index (χ4n) is 1.91. The van der Waals surface area contributed by atoms with Crippen LogP contribution in [0.15, 0.2) is 40.9 Å². The highest BCUT2D eigenvalue weighted by atomic mass is 79.9. The largest absolute Gasteiger partial charge is 0.488 e. The summed E-state index contributed by atoms with van der Waals surface area (Å²) in [6, 6.07) is 11.6. The molecule has 108 valence electrons. The highest BCUT2D eigenvalue weighted by Crippen LogP contribution is 2.29. The summed E-state index contributed by atoms with van der Waals surface area (Å²) >= 11 is 3.33. The predicted octanol–water partition coefficient (Wildman–Crippen LogP) is 4.09. The zero-order valence-electron chi connectivity index (χ0n) is 11.3. The summed E-state index contributed by atoms with van der Waals surface area (Å²) in [5.74, 6) is -0.0920. The Morgan fingerprint density at radius 2 is 2.14 bits per heavy atom. The van der Waals surface area contributed by atoms with Crippen LogP contribution in [0.25, 0.3) is 0 Å². The van der Waals surface area contributed by atoms with Crippen LogP contribution in [-0.4, -0.2) is 5.11 Å². The molecule has 0 aliphatic heterocycles. The molecular formula is C16H13BrFNO2. The molecule has 0 unspecified atom stereocenters. The van der Waals surface area contributed by atoms with Gasteiger partial charge in [0.15, 0.2) is 0 Å². The lowest BCUT2D eigenvalue weighted by Gasteiger charge is -2.14. The first kappa shape index (κ1) is 15.5. The van der Waals surface area contributed by atoms with Crippen LogP contribution in [0.1, 0.15) is 29.7 Å². The van der Waals surface area contributed by atoms with Gasteiger partial charge in [-0.15, -0.1) is 0 Å². The van der Waals surface area contributed by atoms with E-state index in [1.807, 2.05) is 0 Å². The van der Waals surface area contributed by atoms with Gasteiger partial charge in [-0.2, -0.15) is 5.26 Å². The second kappa shape index (κ2) is 6.70. The van der Waals surface area contributed by atoms with Crippen molar-refractivity contribution in [1.29, 1.82) is 5.26 Å². The molecule has 2 aromatic rings. The fourth-order valence-corrected chi connectivity index (χ4v) is 2.29. The monoisotopic (exact) mass is 349 g/mol. The molecular weight excluding hydrogens is 337 g/mol. The molecule has 2 rings (SSSR count). The van der Waals surface area contributed by atoms with Crippen molar-refractivity contribution in [2.45, 2.75) is 19.6 Å². The molecule has 1 atom stereocenters. The van der Waals surface area contributed by atoms with Gasteiger partial charge in [-0.1, -0.05) is 28.1 Å². The first-order chi connectivity index (χ1) is 10.0. The van der Waals surface area contributed by atoms with Crippen molar-refractivity contribution in [2.75, 3.05) is 0 Å². The van der Waals surface area contributed by atoms with Gasteiger partial charge in [-0.05, 0) is 31.2 Å². The number of ether oxygens (including phenoxy) is 1. The van der Waals surface area contributed by atoms with Crippen molar-refractivity contribution < 1.29 is 14.2 Å². The number of hydrogen-bond donors (Lipinski definition) is 1. The second-order valence-corrected chi connectivity index (χ2v) is 5.45. The second-order valence-electron chi connectivity index (χ2n) is 4.54. The van der Waals surface area contributed by atoms with Gasteiger partial charge >= 0.3 is 0 Å². The molecule has 3 nitrogen and oxygen atoms in total. The minimum Gasteiger partial charge on any atom is -0.488 e. The number of nitrogens with zero attached hydrogens (tertiary/aromatic N) is 1. The molecule has 2 aromatic carbocycles. The molecule has 0 amide bonds. The Morgan fingerprint density at radius 1 is 1.38 bits per heavy atom. The van der Waals surface area contributed by atoms with Crippen LogP contribution in [0.2, 0.25) is 0 Å². The molecule has 0 radical (unpaired) electrons. The molecule has 1 N–H and O–H groups in total. The molecule has 21 heavy (non-hydrogen) atoms. The van der Waals surface area contributed by atoms with Crippen LogP contribution in [0, 0.1) is 17.1 Å². The standard InChI is InChI=1S/C16H13BrFNO2/c1-10(20)14-7-13(17)5-6-15(14)21-9-12-4-2-3-11(8-19)16(12)18/h2-7,10,20H,9H2,1H3/t10-/m0/s1. The molecule has 0 saturated heterocycles. The molecule has 0 aliphatic rings. The topological polar surface area (TPSA) is 53.2 Å². The average Bonchev–Trinajstić information content (AvgIpc) is 2.47. The maximum atomic E-state index is 13.9. The van der Waals surface area contributed by atoms with Crippen molar-refractivity contribution in [3.8, 4) is 11.8 Å². The summed E-state index contributed by atoms with van der Waals surface area (Å²) in [5, 5.41) is 18.6. The normalized spacial score (nSPS) is 11.8. The van der Waals surface area contributed by atoms with Gasteiger partial charge in [-0.25, -0.2) is 4.39 Å². The summed E-state index contributed by atoms with van der Waals surface area (Å²) in [4.78, 5) is 0. The van der Waals surface area contributed by atoms with E-state index in [-0.39, 0.29) is 12.2 Å². The summed E-state index contributed by atoms with van der Waals surface area (Å²) in [5.41, 5.74) is 0.900. The van der Waals surface area contributed by atoms with Gasteiger partial charge < -0.3 is 9.84 Å². The summed E-state index contributed by atoms with van der Waals surface area (Å²) in [7, 11) is 0. The van der Waals surface area contributed by atoms with Crippen molar-refractivity contribution in [2.24, 2.45) is 0 Å². The van der Waals surface area contributed by atoms with Crippen LogP contribution < -0.4 is 4.74 Å². The van der Waals surface area contributed by atoms with E-state index in [9.17, 15) is 9.50 Å². The van der Waals surface area contributed by atoms with E-state index in [1.54, 1.807) is 43.3 Å². The third-order valence-electron chi connectivity index (χ3n) is 3.00. The van der Waals surface area contributed by atoms with Crippen molar-refractivity contribution >= 4 is 15.9 Å². The van der Waals surface area contributed by atoms with Crippen LogP contribution in [0.4, 0.5) is 4.39 Å². The Bertz CT molecular complexity index is 695. The smallest absolute Gasteiger partial charge is 0.147 e. The van der Waals surface area contributed by atoms with Crippen molar-refractivity contribution in [1.82, 2.24) is 0 Å². The van der Waals surface area contributed by atoms with Gasteiger partial charge in [0.2, 0.25) is 0 Å². The van der Waals surface area contributed by atoms with Crippen LogP contribution in [-0.2, 0) is 6.61 Å². The minimum atomic E-state index is -0.701. The van der Waals surface area contributed by atoms with Gasteiger partial charge in [0, 0.05) is 15.6 Å². The van der Waals surface area contributed by atoms with Gasteiger partial charge in [0.25, 0.3) is 0 Å². The SMILES string of the molecule is C[C@H](O)c1cc(Br)ccc1OCc1cccc(C#N)c1F. The maximum absolute atomic E-state index is 13.9. The van der Waals surface area contributed by atoms with Crippen LogP contribution in [0.3, 0.4) is 0 Å². The molecule has 0 aliphatic carbocycles. The number of rotatable bonds is 4. The molecule has 0 bridgehead atoms. The zero-order chi connectivity index (χ0) is 15.4. The number of aliphatic hydroxyl groups excluding tert-OH is 1. The summed E-state index contributed by atoms with van der Waals surface area (Å²) in [6.45, 7) is 1.62. The number of hydrogen-bond acceptors (Lipinski definition) is 3. The van der Waals surface area contributed by atoms with Gasteiger partial charge in [-0.3, -0.25) is 0 Å². The van der Waals surface area contributed by atoms with E-state index >= 15 is 0 Å². The number of benzene rings is 2. The highest BCUT2D eigenvalue weighted by molar-refractivity contribution is 9.10. The Kier molecular flexibility index (Phi) is 4.94. The van der Waals surface area contributed by atoms with Crippen LogP contribution >= 0.6 is 15.9 Å². The molecule has 5 heteroatoms. The van der Waals surface area contributed by atoms with Crippen molar-refractivity contribution in [3.63, 3.8) is 0 Å². The Hall–Kier alpha value is -1.90. The molecule has 0 spiro atoms. The van der Waals surface area contributed by atoms with Gasteiger partial charge in [0.1, 0.15) is 24.2 Å². The quantitative estimate of drug-likeness (QED) is 0.904. The average molecular weight is 350 g/mol. The predicted molar refractivity (Wildman–Crippen MR) is 80.2 cm³/mol. The lowest BCUT2D eigenvalue weighted by atomic mass is 10.1. The molecule has 0 aromatic heterocycles. The lowest BCUT2D eigenvalue weighted by Crippen LogP contribution is -2.03. The number of aliphatic hydroxyl groups is 1. The Morgan fingerprint density at radius 3 is 2.81 bits per heavy atom. The van der Waals surface area contributed by atoms with E-state index in [4.69, 9.17) is 10.00 Å². The number of halogens is 2. The summed E-state index contributed by atoms with van der Waals surface area (Å²) < 4.78 is 20.4. The van der Waals surface area contributed by atoms with Gasteiger partial charge in [0.05, 0.1) is 11.7 Å². The molecule has 0 heterocycles. The van der Waals surface area contributed by atoms with E-state index < -0.39 is 11.9 Å². The Labute approximate surface area is 130 Å². The van der Waals surface area contributed by atoms with E-state index in [2.05, 4.69) is 15.9 Å². The molecule has 0 saturated carbocycles. The first-order valence-corrected chi connectivity index (χ1v) is 7.10. The lowest BCUT2D eigenvalue weighted by molar-refractivity contribution is 0.189. The summed E-state index contributed by atoms with van der Waals surface area (Å²) in [6.07, 6.45) is -0.701. The molecule has 0 fully saturated rings. The minimum absolute atomic E-state index is 0.0112. The maximum Gasteiger partial charge on any atom is 0.147 e. The number of nitriles is 1. The zero-order valence-corrected chi connectivity index (χ0v) is 12.9. The Balaban J connectivity index is 2.23. The third kappa shape index (κ3) is 3.60. The van der Waals surface area contributed by atoms with E-state index in [0.717, 1.165) is 4.47 Å². The van der Waals surface area contributed by atoms with Crippen molar-refractivity contribution in [3.05, 3.63) is 63.4 Å². The van der Waals surface area contributed by atoms with E-state index in [0.29, 0.717) is 16.9 Å². The third-order valence-corrected chi connectivity index (χ3v) is 3.50. The van der Waals surface area contributed by atoms with Crippen LogP contribution in [0.5, 0.6) is 5.75 Å².